The van der Waals surface area contributed by atoms with Crippen LogP contribution in [0.25, 0.3) is 76.5 Å². The van der Waals surface area contributed by atoms with Gasteiger partial charge in [0.25, 0.3) is 0 Å². The quantitative estimate of drug-likeness (QED) is 0.115. The van der Waals surface area contributed by atoms with Crippen molar-refractivity contribution >= 4 is 60.2 Å². The summed E-state index contributed by atoms with van der Waals surface area (Å²) in [6, 6.07) is 72.7. The maximum Gasteiger partial charge on any atom is 0.0490 e. The molecule has 0 bridgehead atoms. The number of hydrogen-bond donors (Lipinski definition) is 0. The average molecular weight is 784 g/mol. The van der Waals surface area contributed by atoms with E-state index in [0.29, 0.717) is 5.92 Å². The van der Waals surface area contributed by atoms with E-state index in [1.807, 2.05) is 0 Å². The van der Waals surface area contributed by atoms with Crippen molar-refractivity contribution in [3.63, 3.8) is 0 Å². The number of nitrogens with zero attached hydrogens (tertiary/aromatic N) is 1. The molecule has 0 aromatic heterocycles. The molecule has 0 unspecified atom stereocenters. The van der Waals surface area contributed by atoms with Crippen LogP contribution in [-0.2, 0) is 0 Å². The predicted molar refractivity (Wildman–Crippen MR) is 263 cm³/mol. The number of benzene rings is 10. The molecule has 0 atom stereocenters. The van der Waals surface area contributed by atoms with Gasteiger partial charge in [-0.25, -0.2) is 0 Å². The van der Waals surface area contributed by atoms with Gasteiger partial charge >= 0.3 is 0 Å². The summed E-state index contributed by atoms with van der Waals surface area (Å²) in [7, 11) is 0. The van der Waals surface area contributed by atoms with Crippen LogP contribution < -0.4 is 4.90 Å². The molecule has 1 heteroatoms. The minimum absolute atomic E-state index is 0.674. The summed E-state index contributed by atoms with van der Waals surface area (Å²) in [5.74, 6) is 0.674. The first-order valence-corrected chi connectivity index (χ1v) is 22.1. The number of aryl methyl sites for hydroxylation is 2. The minimum atomic E-state index is 0.674. The standard InChI is InChI=1S/C60H49N/c1-40-29-38-56(41(2)39-40)61(46-34-30-43(31-35-46)42-17-5-3-6-18-42)47-36-32-45(33-37-47)57-54-27-15-16-28-55(54)58(51-24-12-9-21-48(51)44-19-7-4-8-20-44)60-53-26-14-11-23-50(53)49-22-10-13-25-52(49)59(57)60/h4,7-16,19-39,42H,3,5-6,17-18H2,1-2H3. The predicted octanol–water partition coefficient (Wildman–Crippen LogP) is 17.4. The highest BCUT2D eigenvalue weighted by Gasteiger charge is 2.24. The van der Waals surface area contributed by atoms with Gasteiger partial charge in [-0.3, -0.25) is 0 Å². The highest BCUT2D eigenvalue weighted by atomic mass is 15.1. The zero-order chi connectivity index (χ0) is 40.9. The van der Waals surface area contributed by atoms with Gasteiger partial charge in [0.1, 0.15) is 0 Å². The molecule has 11 rings (SSSR count). The van der Waals surface area contributed by atoms with Crippen molar-refractivity contribution < 1.29 is 0 Å². The molecule has 61 heavy (non-hydrogen) atoms. The third kappa shape index (κ3) is 6.48. The lowest BCUT2D eigenvalue weighted by atomic mass is 9.80. The van der Waals surface area contributed by atoms with Gasteiger partial charge in [0, 0.05) is 17.1 Å². The Balaban J connectivity index is 1.17. The van der Waals surface area contributed by atoms with Gasteiger partial charge in [-0.15, -0.1) is 0 Å². The molecule has 1 saturated carbocycles. The largest absolute Gasteiger partial charge is 0.310 e. The molecular formula is C60H49N. The molecule has 0 aliphatic heterocycles. The van der Waals surface area contributed by atoms with E-state index in [4.69, 9.17) is 0 Å². The maximum absolute atomic E-state index is 2.45. The SMILES string of the molecule is Cc1ccc(N(c2ccc(-c3c4ccccc4c(-c4ccccc4-c4ccccc4)c4c5ccccc5c5ccccc5c34)cc2)c2ccc(C3CCCCC3)cc2)c(C)c1. The van der Waals surface area contributed by atoms with E-state index in [0.717, 1.165) is 5.69 Å². The molecule has 1 nitrogen and oxygen atoms in total. The van der Waals surface area contributed by atoms with Crippen molar-refractivity contribution in [1.82, 2.24) is 0 Å². The van der Waals surface area contributed by atoms with Crippen molar-refractivity contribution in [2.75, 3.05) is 4.90 Å². The maximum atomic E-state index is 2.45. The van der Waals surface area contributed by atoms with Gasteiger partial charge in [0.05, 0.1) is 0 Å². The van der Waals surface area contributed by atoms with E-state index >= 15 is 0 Å². The molecule has 10 aromatic carbocycles. The van der Waals surface area contributed by atoms with Gasteiger partial charge in [-0.05, 0) is 151 Å². The van der Waals surface area contributed by atoms with E-state index in [1.54, 1.807) is 0 Å². The molecular weight excluding hydrogens is 735 g/mol. The van der Waals surface area contributed by atoms with Gasteiger partial charge in [-0.1, -0.05) is 189 Å². The summed E-state index contributed by atoms with van der Waals surface area (Å²) in [6.45, 7) is 4.42. The molecule has 1 aliphatic carbocycles. The van der Waals surface area contributed by atoms with Crippen LogP contribution in [-0.4, -0.2) is 0 Å². The molecule has 0 radical (unpaired) electrons. The van der Waals surface area contributed by atoms with Crippen LogP contribution in [0.5, 0.6) is 0 Å². The highest BCUT2D eigenvalue weighted by Crippen LogP contribution is 2.51. The Labute approximate surface area is 359 Å². The Hall–Kier alpha value is -6.96. The van der Waals surface area contributed by atoms with Crippen LogP contribution in [0.4, 0.5) is 17.1 Å². The zero-order valence-electron chi connectivity index (χ0n) is 35.0. The smallest absolute Gasteiger partial charge is 0.0490 e. The van der Waals surface area contributed by atoms with Crippen molar-refractivity contribution in [2.24, 2.45) is 0 Å². The van der Waals surface area contributed by atoms with Gasteiger partial charge in [0.2, 0.25) is 0 Å². The highest BCUT2D eigenvalue weighted by molar-refractivity contribution is 6.37. The van der Waals surface area contributed by atoms with E-state index in [9.17, 15) is 0 Å². The Kier molecular flexibility index (Phi) is 9.46. The van der Waals surface area contributed by atoms with Crippen LogP contribution in [0.3, 0.4) is 0 Å². The molecule has 0 N–H and O–H groups in total. The Bertz CT molecular complexity index is 3220. The fraction of sp³-hybridized carbons (Fsp3) is 0.133. The first-order valence-electron chi connectivity index (χ1n) is 22.1. The number of fused-ring (bicyclic) bond motifs is 7. The van der Waals surface area contributed by atoms with Gasteiger partial charge in [-0.2, -0.15) is 0 Å². The topological polar surface area (TPSA) is 3.24 Å². The summed E-state index contributed by atoms with van der Waals surface area (Å²) in [6.07, 6.45) is 6.66. The lowest BCUT2D eigenvalue weighted by Gasteiger charge is -2.29. The van der Waals surface area contributed by atoms with Crippen LogP contribution in [0.15, 0.2) is 194 Å². The van der Waals surface area contributed by atoms with Gasteiger partial charge < -0.3 is 4.90 Å². The third-order valence-electron chi connectivity index (χ3n) is 13.4. The third-order valence-corrected chi connectivity index (χ3v) is 13.4. The lowest BCUT2D eigenvalue weighted by molar-refractivity contribution is 0.443. The molecule has 0 heterocycles. The van der Waals surface area contributed by atoms with Crippen LogP contribution in [0, 0.1) is 13.8 Å². The second kappa shape index (κ2) is 15.6. The van der Waals surface area contributed by atoms with Crippen molar-refractivity contribution in [1.29, 1.82) is 0 Å². The molecule has 294 valence electrons. The van der Waals surface area contributed by atoms with E-state index in [2.05, 4.69) is 213 Å². The number of anilines is 3. The molecule has 0 amide bonds. The van der Waals surface area contributed by atoms with E-state index in [1.165, 1.54) is 137 Å². The van der Waals surface area contributed by atoms with Crippen LogP contribution in [0.2, 0.25) is 0 Å². The molecule has 0 saturated heterocycles. The van der Waals surface area contributed by atoms with Crippen LogP contribution >= 0.6 is 0 Å². The normalized spacial score (nSPS) is 13.3. The van der Waals surface area contributed by atoms with Crippen molar-refractivity contribution in [3.05, 3.63) is 211 Å². The Morgan fingerprint density at radius 3 is 1.52 bits per heavy atom. The van der Waals surface area contributed by atoms with E-state index < -0.39 is 0 Å². The fourth-order valence-corrected chi connectivity index (χ4v) is 10.6. The summed E-state index contributed by atoms with van der Waals surface area (Å²) < 4.78 is 0. The first-order chi connectivity index (χ1) is 30.1. The molecule has 10 aromatic rings. The molecule has 1 fully saturated rings. The summed E-state index contributed by atoms with van der Waals surface area (Å²) in [5, 5.41) is 10.2. The zero-order valence-corrected chi connectivity index (χ0v) is 35.0. The first kappa shape index (κ1) is 37.1. The summed E-state index contributed by atoms with van der Waals surface area (Å²) in [4.78, 5) is 2.45. The second-order valence-corrected chi connectivity index (χ2v) is 17.1. The molecule has 1 aliphatic rings. The lowest BCUT2D eigenvalue weighted by Crippen LogP contribution is -2.12. The van der Waals surface area contributed by atoms with Crippen molar-refractivity contribution in [2.45, 2.75) is 51.9 Å². The average Bonchev–Trinajstić information content (AvgIpc) is 3.32. The number of rotatable bonds is 7. The second-order valence-electron chi connectivity index (χ2n) is 17.1. The van der Waals surface area contributed by atoms with Gasteiger partial charge in [0.15, 0.2) is 0 Å². The number of hydrogen-bond acceptors (Lipinski definition) is 1. The molecule has 0 spiro atoms. The minimum Gasteiger partial charge on any atom is -0.310 e. The van der Waals surface area contributed by atoms with E-state index in [-0.39, 0.29) is 0 Å². The van der Waals surface area contributed by atoms with Crippen LogP contribution in [0.1, 0.15) is 54.7 Å². The summed E-state index contributed by atoms with van der Waals surface area (Å²) >= 11 is 0. The Morgan fingerprint density at radius 1 is 0.393 bits per heavy atom. The Morgan fingerprint density at radius 2 is 0.902 bits per heavy atom. The van der Waals surface area contributed by atoms with Crippen molar-refractivity contribution in [3.8, 4) is 33.4 Å². The fourth-order valence-electron chi connectivity index (χ4n) is 10.6. The monoisotopic (exact) mass is 783 g/mol. The summed E-state index contributed by atoms with van der Waals surface area (Å²) in [5.41, 5.74) is 15.0.